The van der Waals surface area contributed by atoms with E-state index in [9.17, 15) is 19.1 Å². The van der Waals surface area contributed by atoms with Crippen LogP contribution in [-0.2, 0) is 16.1 Å². The van der Waals surface area contributed by atoms with Crippen molar-refractivity contribution in [1.29, 1.82) is 0 Å². The number of hydrogen-bond acceptors (Lipinski definition) is 10. The van der Waals surface area contributed by atoms with Gasteiger partial charge in [-0.25, -0.2) is 13.6 Å². The van der Waals surface area contributed by atoms with Crippen molar-refractivity contribution in [3.63, 3.8) is 0 Å². The summed E-state index contributed by atoms with van der Waals surface area (Å²) in [5, 5.41) is 14.7. The van der Waals surface area contributed by atoms with Gasteiger partial charge in [0.2, 0.25) is 5.91 Å². The van der Waals surface area contributed by atoms with Gasteiger partial charge in [-0.3, -0.25) is 14.6 Å². The number of fused-ring (bicyclic) bond motifs is 2. The van der Waals surface area contributed by atoms with Crippen molar-refractivity contribution in [2.24, 2.45) is 5.92 Å². The van der Waals surface area contributed by atoms with Crippen LogP contribution in [0.4, 0.5) is 25.1 Å². The number of aromatic nitrogens is 2. The molecule has 2 aromatic carbocycles. The fraction of sp³-hybridized carbons (Fsp3) is 0.500. The van der Waals surface area contributed by atoms with Crippen LogP contribution in [0, 0.1) is 24.1 Å². The van der Waals surface area contributed by atoms with Gasteiger partial charge in [-0.05, 0) is 62.1 Å². The minimum atomic E-state index is -1.01. The molecule has 1 aromatic heterocycles. The molecule has 3 aromatic rings. The van der Waals surface area contributed by atoms with E-state index in [0.29, 0.717) is 31.1 Å². The summed E-state index contributed by atoms with van der Waals surface area (Å²) in [5.41, 5.74) is -0.859. The number of phenolic OH excluding ortho intramolecular Hbond substituents is 1. The smallest absolute Gasteiger partial charge is 0.420 e. The number of halogens is 2. The lowest BCUT2D eigenvalue weighted by Crippen LogP contribution is -2.51. The van der Waals surface area contributed by atoms with E-state index in [2.05, 4.69) is 27.7 Å². The number of likely N-dealkylation sites (tertiary alicyclic amines) is 1. The number of amides is 2. The Morgan fingerprint density at radius 1 is 1.26 bits per heavy atom. The van der Waals surface area contributed by atoms with Gasteiger partial charge in [0, 0.05) is 57.8 Å². The third-order valence-electron chi connectivity index (χ3n) is 11.6. The highest BCUT2D eigenvalue weighted by atomic mass is 19.1. The lowest BCUT2D eigenvalue weighted by molar-refractivity contribution is -0.129. The largest absolute Gasteiger partial charge is 0.508 e. The van der Waals surface area contributed by atoms with Crippen LogP contribution in [0.2, 0.25) is 0 Å². The van der Waals surface area contributed by atoms with Crippen LogP contribution >= 0.6 is 0 Å². The second-order valence-corrected chi connectivity index (χ2v) is 15.1. The molecule has 3 fully saturated rings. The first kappa shape index (κ1) is 37.3. The molecule has 0 radical (unpaired) electrons. The van der Waals surface area contributed by atoms with Crippen LogP contribution in [-0.4, -0.2) is 101 Å². The average Bonchev–Trinajstić information content (AvgIpc) is 3.76. The zero-order valence-corrected chi connectivity index (χ0v) is 30.7. The van der Waals surface area contributed by atoms with Gasteiger partial charge >= 0.3 is 12.1 Å². The monoisotopic (exact) mass is 744 g/mol. The Morgan fingerprint density at radius 3 is 2.74 bits per heavy atom. The van der Waals surface area contributed by atoms with Crippen molar-refractivity contribution in [3.8, 4) is 29.9 Å². The van der Waals surface area contributed by atoms with Crippen LogP contribution in [0.3, 0.4) is 0 Å². The van der Waals surface area contributed by atoms with Crippen molar-refractivity contribution in [2.75, 3.05) is 56.7 Å². The predicted molar refractivity (Wildman–Crippen MR) is 199 cm³/mol. The number of benzene rings is 2. The van der Waals surface area contributed by atoms with E-state index in [0.717, 1.165) is 45.1 Å². The molecule has 12 nitrogen and oxygen atoms in total. The topological polar surface area (TPSA) is 130 Å². The van der Waals surface area contributed by atoms with Crippen molar-refractivity contribution < 1.29 is 37.7 Å². The third-order valence-corrected chi connectivity index (χ3v) is 11.6. The van der Waals surface area contributed by atoms with Gasteiger partial charge < -0.3 is 29.5 Å². The van der Waals surface area contributed by atoms with Crippen LogP contribution in [0.1, 0.15) is 63.1 Å². The molecule has 286 valence electrons. The maximum Gasteiger partial charge on any atom is 0.420 e. The Labute approximate surface area is 313 Å². The summed E-state index contributed by atoms with van der Waals surface area (Å²) in [6, 6.07) is 5.41. The Morgan fingerprint density at radius 2 is 2.02 bits per heavy atom. The first-order chi connectivity index (χ1) is 25.9. The Hall–Kier alpha value is -5.00. The second kappa shape index (κ2) is 15.0. The zero-order valence-electron chi connectivity index (χ0n) is 30.7. The fourth-order valence-corrected chi connectivity index (χ4v) is 8.49. The Bertz CT molecular complexity index is 1990. The van der Waals surface area contributed by atoms with Crippen molar-refractivity contribution in [2.45, 2.75) is 75.7 Å². The predicted octanol–water partition coefficient (Wildman–Crippen LogP) is 5.95. The number of hydrogen-bond donors (Lipinski definition) is 2. The highest BCUT2D eigenvalue weighted by molar-refractivity contribution is 6.06. The molecule has 7 rings (SSSR count). The van der Waals surface area contributed by atoms with Crippen molar-refractivity contribution >= 4 is 34.3 Å². The molecule has 2 atom stereocenters. The minimum absolute atomic E-state index is 0.0178. The SMILES string of the molecule is C#Cc1c(F)ccc2cc(O)cc(N3Cc4nc(OC[C@]5(C)C[C@@H](F)CN5CC5CCOCC5)nc(NCC5(N(C)C(=O)C=C)CCCC5)c4OC3=O)c12. The number of carbonyl (C=O) groups is 2. The van der Waals surface area contributed by atoms with Crippen LogP contribution < -0.4 is 19.7 Å². The Kier molecular flexibility index (Phi) is 10.4. The van der Waals surface area contributed by atoms with Crippen molar-refractivity contribution in [3.05, 3.63) is 54.0 Å². The summed E-state index contributed by atoms with van der Waals surface area (Å²) in [6.45, 7) is 8.29. The van der Waals surface area contributed by atoms with Gasteiger partial charge in [0.15, 0.2) is 11.6 Å². The molecule has 2 amide bonds. The number of rotatable bonds is 11. The van der Waals surface area contributed by atoms with E-state index >= 15 is 4.39 Å². The molecule has 0 unspecified atom stereocenters. The summed E-state index contributed by atoms with van der Waals surface area (Å²) in [7, 11) is 1.75. The molecule has 4 heterocycles. The maximum absolute atomic E-state index is 15.0. The normalized spacial score (nSPS) is 22.8. The van der Waals surface area contributed by atoms with Gasteiger partial charge in [0.1, 0.15) is 30.0 Å². The number of anilines is 2. The molecule has 2 N–H and O–H groups in total. The van der Waals surface area contributed by atoms with Crippen LogP contribution in [0.15, 0.2) is 36.9 Å². The molecular weight excluding hydrogens is 698 g/mol. The zero-order chi connectivity index (χ0) is 38.2. The van der Waals surface area contributed by atoms with E-state index in [1.165, 1.54) is 35.2 Å². The van der Waals surface area contributed by atoms with Gasteiger partial charge in [0.25, 0.3) is 0 Å². The Balaban J connectivity index is 1.23. The molecule has 2 saturated heterocycles. The third kappa shape index (κ3) is 7.14. The number of terminal acetylenes is 1. The van der Waals surface area contributed by atoms with E-state index < -0.39 is 29.2 Å². The van der Waals surface area contributed by atoms with Crippen LogP contribution in [0.5, 0.6) is 17.5 Å². The van der Waals surface area contributed by atoms with Crippen LogP contribution in [0.25, 0.3) is 10.8 Å². The van der Waals surface area contributed by atoms with Crippen molar-refractivity contribution in [1.82, 2.24) is 19.8 Å². The number of carbonyl (C=O) groups excluding carboxylic acids is 2. The first-order valence-corrected chi connectivity index (χ1v) is 18.5. The molecule has 3 aliphatic heterocycles. The molecule has 1 saturated carbocycles. The van der Waals surface area contributed by atoms with E-state index in [-0.39, 0.29) is 77.7 Å². The average molecular weight is 745 g/mol. The van der Waals surface area contributed by atoms with Gasteiger partial charge in [0.05, 0.1) is 28.9 Å². The maximum atomic E-state index is 15.0. The quantitative estimate of drug-likeness (QED) is 0.180. The van der Waals surface area contributed by atoms with Gasteiger partial charge in [-0.2, -0.15) is 9.97 Å². The van der Waals surface area contributed by atoms with Gasteiger partial charge in [-0.15, -0.1) is 6.42 Å². The number of nitrogens with zero attached hydrogens (tertiary/aromatic N) is 5. The summed E-state index contributed by atoms with van der Waals surface area (Å²) in [4.78, 5) is 41.0. The highest BCUT2D eigenvalue weighted by Gasteiger charge is 2.45. The number of aromatic hydroxyl groups is 1. The molecule has 0 spiro atoms. The standard InChI is InChI=1S/C40H46F2N6O6/c1-5-29-30(42)10-9-26-17-28(49)18-32(34(26)29)48-22-31-35(54-38(48)51)36(43-23-40(13-7-8-14-40)46(4)33(50)6-2)45-37(44-31)53-24-39(3)19-27(41)21-47(39)20-25-11-15-52-16-12-25/h1,6,9-10,17-18,25,27,49H,2,7-8,11-16,19-24H2,3-4H3,(H,43,44,45)/t27-,39+/m1/s1. The second-order valence-electron chi connectivity index (χ2n) is 15.1. The molecule has 0 bridgehead atoms. The molecular formula is C40H46F2N6O6. The fourth-order valence-electron chi connectivity index (χ4n) is 8.49. The molecule has 1 aliphatic carbocycles. The number of ether oxygens (including phenoxy) is 3. The summed E-state index contributed by atoms with van der Waals surface area (Å²) < 4.78 is 47.8. The number of likely N-dealkylation sites (N-methyl/N-ethyl adjacent to an activating group) is 1. The molecule has 54 heavy (non-hydrogen) atoms. The first-order valence-electron chi connectivity index (χ1n) is 18.5. The molecule has 14 heteroatoms. The van der Waals surface area contributed by atoms with Gasteiger partial charge in [-0.1, -0.05) is 31.4 Å². The summed E-state index contributed by atoms with van der Waals surface area (Å²) >= 11 is 0. The number of nitrogens with one attached hydrogen (secondary N) is 1. The van der Waals surface area contributed by atoms with E-state index in [1.54, 1.807) is 11.9 Å². The number of alkyl halides is 1. The van der Waals surface area contributed by atoms with E-state index in [1.807, 2.05) is 6.92 Å². The lowest BCUT2D eigenvalue weighted by Gasteiger charge is -2.39. The summed E-state index contributed by atoms with van der Waals surface area (Å²) in [6.07, 6.45) is 10.6. The van der Waals surface area contributed by atoms with E-state index in [4.69, 9.17) is 25.6 Å². The highest BCUT2D eigenvalue weighted by Crippen LogP contribution is 2.42. The lowest BCUT2D eigenvalue weighted by atomic mass is 9.95. The minimum Gasteiger partial charge on any atom is -0.508 e. The number of phenols is 1. The molecule has 4 aliphatic rings. The summed E-state index contributed by atoms with van der Waals surface area (Å²) in [5.74, 6) is 1.99.